The summed E-state index contributed by atoms with van der Waals surface area (Å²) in [4.78, 5) is 24.8. The van der Waals surface area contributed by atoms with E-state index < -0.39 is 0 Å². The van der Waals surface area contributed by atoms with Gasteiger partial charge in [0.2, 0.25) is 5.91 Å². The number of aromatic nitrogens is 3. The molecule has 0 bridgehead atoms. The van der Waals surface area contributed by atoms with E-state index >= 15 is 0 Å². The minimum Gasteiger partial charge on any atom is -0.342 e. The Kier molecular flexibility index (Phi) is 8.05. The van der Waals surface area contributed by atoms with Gasteiger partial charge in [0.1, 0.15) is 0 Å². The van der Waals surface area contributed by atoms with Gasteiger partial charge in [-0.05, 0) is 38.1 Å². The summed E-state index contributed by atoms with van der Waals surface area (Å²) in [6.45, 7) is 3.78. The van der Waals surface area contributed by atoms with Gasteiger partial charge in [-0.15, -0.1) is 10.2 Å². The lowest BCUT2D eigenvalue weighted by atomic mass is 10.1. The first-order chi connectivity index (χ1) is 15.2. The highest BCUT2D eigenvalue weighted by Gasteiger charge is 2.19. The molecule has 0 spiro atoms. The number of amides is 2. The molecule has 0 radical (unpaired) electrons. The van der Waals surface area contributed by atoms with Crippen LogP contribution in [0.15, 0.2) is 41.6 Å². The van der Waals surface area contributed by atoms with Crippen LogP contribution in [0.3, 0.4) is 0 Å². The zero-order valence-corrected chi connectivity index (χ0v) is 20.5. The molecule has 0 aliphatic rings. The molecule has 32 heavy (non-hydrogen) atoms. The van der Waals surface area contributed by atoms with E-state index in [1.54, 1.807) is 23.7 Å². The normalized spacial score (nSPS) is 11.8. The smallest absolute Gasteiger partial charge is 0.251 e. The lowest BCUT2D eigenvalue weighted by Crippen LogP contribution is -2.28. The van der Waals surface area contributed by atoms with Gasteiger partial charge in [-0.1, -0.05) is 64.3 Å². The molecule has 1 aromatic heterocycles. The summed E-state index contributed by atoms with van der Waals surface area (Å²) < 4.78 is 1.74. The second-order valence-corrected chi connectivity index (χ2v) is 9.24. The number of carbonyl (C=O) groups is 2. The van der Waals surface area contributed by atoms with E-state index in [-0.39, 0.29) is 33.7 Å². The molecule has 11 heteroatoms. The van der Waals surface area contributed by atoms with Gasteiger partial charge in [-0.2, -0.15) is 0 Å². The molecule has 2 aromatic carbocycles. The summed E-state index contributed by atoms with van der Waals surface area (Å²) in [5.41, 5.74) is 1.94. The van der Waals surface area contributed by atoms with Crippen molar-refractivity contribution >= 4 is 64.1 Å². The van der Waals surface area contributed by atoms with Crippen molar-refractivity contribution in [2.75, 3.05) is 11.1 Å². The second-order valence-electron chi connectivity index (χ2n) is 7.04. The first-order valence-electron chi connectivity index (χ1n) is 9.49. The zero-order chi connectivity index (χ0) is 23.4. The Labute approximate surface area is 204 Å². The fourth-order valence-corrected chi connectivity index (χ4v) is 4.48. The Morgan fingerprint density at radius 2 is 1.72 bits per heavy atom. The molecule has 0 unspecified atom stereocenters. The van der Waals surface area contributed by atoms with Crippen LogP contribution >= 0.6 is 46.6 Å². The van der Waals surface area contributed by atoms with Crippen LogP contribution in [0.4, 0.5) is 5.69 Å². The van der Waals surface area contributed by atoms with E-state index in [1.807, 2.05) is 26.0 Å². The van der Waals surface area contributed by atoms with Gasteiger partial charge in [0.25, 0.3) is 5.91 Å². The highest BCUT2D eigenvalue weighted by molar-refractivity contribution is 7.99. The van der Waals surface area contributed by atoms with Crippen molar-refractivity contribution < 1.29 is 9.59 Å². The van der Waals surface area contributed by atoms with E-state index in [2.05, 4.69) is 20.8 Å². The number of anilines is 1. The number of aryl methyl sites for hydroxylation is 1. The molecule has 168 valence electrons. The van der Waals surface area contributed by atoms with Gasteiger partial charge in [0.15, 0.2) is 11.0 Å². The summed E-state index contributed by atoms with van der Waals surface area (Å²) in [6.07, 6.45) is 0. The maximum atomic E-state index is 12.5. The topological polar surface area (TPSA) is 88.9 Å². The molecular weight excluding hydrogens is 493 g/mol. The highest BCUT2D eigenvalue weighted by atomic mass is 35.5. The number of halogens is 3. The van der Waals surface area contributed by atoms with Crippen molar-refractivity contribution in [3.8, 4) is 0 Å². The molecule has 0 saturated heterocycles. The Hall–Kier alpha value is -2.26. The van der Waals surface area contributed by atoms with Crippen LogP contribution in [0.2, 0.25) is 15.1 Å². The molecule has 1 atom stereocenters. The van der Waals surface area contributed by atoms with Crippen molar-refractivity contribution in [2.45, 2.75) is 25.0 Å². The van der Waals surface area contributed by atoms with Crippen LogP contribution in [-0.2, 0) is 11.8 Å². The Balaban J connectivity index is 1.60. The molecule has 3 aromatic rings. The third-order valence-corrected chi connectivity index (χ3v) is 6.36. The second kappa shape index (κ2) is 10.6. The van der Waals surface area contributed by atoms with Crippen LogP contribution in [0, 0.1) is 6.92 Å². The number of nitrogens with zero attached hydrogens (tertiary/aromatic N) is 3. The Morgan fingerprint density at radius 3 is 2.34 bits per heavy atom. The lowest BCUT2D eigenvalue weighted by Gasteiger charge is -2.14. The number of carbonyl (C=O) groups excluding carboxylic acids is 2. The largest absolute Gasteiger partial charge is 0.342 e. The predicted molar refractivity (Wildman–Crippen MR) is 129 cm³/mol. The number of hydrogen-bond donors (Lipinski definition) is 2. The summed E-state index contributed by atoms with van der Waals surface area (Å²) in [5, 5.41) is 15.3. The Bertz CT molecular complexity index is 1130. The minimum atomic E-state index is -0.379. The molecular formula is C21H20Cl3N5O2S. The van der Waals surface area contributed by atoms with Crippen LogP contribution in [-0.4, -0.2) is 32.3 Å². The average molecular weight is 513 g/mol. The quantitative estimate of drug-likeness (QED) is 0.419. The first kappa shape index (κ1) is 24.4. The van der Waals surface area contributed by atoms with Crippen molar-refractivity contribution in [3.63, 3.8) is 0 Å². The molecule has 0 aliphatic heterocycles. The van der Waals surface area contributed by atoms with Crippen LogP contribution in [0.25, 0.3) is 0 Å². The zero-order valence-electron chi connectivity index (χ0n) is 17.4. The van der Waals surface area contributed by atoms with Crippen molar-refractivity contribution in [2.24, 2.45) is 7.05 Å². The van der Waals surface area contributed by atoms with Crippen LogP contribution in [0.1, 0.15) is 34.7 Å². The Morgan fingerprint density at radius 1 is 1.09 bits per heavy atom. The fourth-order valence-electron chi connectivity index (χ4n) is 2.85. The SMILES string of the molecule is Cc1ccc(C(=O)N[C@@H](C)c2nnc(SCC(=O)Nc3c(Cl)cc(Cl)cc3Cl)n2C)cc1. The number of benzene rings is 2. The van der Waals surface area contributed by atoms with E-state index in [1.165, 1.54) is 23.9 Å². The number of rotatable bonds is 7. The van der Waals surface area contributed by atoms with Crippen LogP contribution < -0.4 is 10.6 Å². The molecule has 2 amide bonds. The lowest BCUT2D eigenvalue weighted by molar-refractivity contribution is -0.113. The van der Waals surface area contributed by atoms with Crippen molar-refractivity contribution in [3.05, 3.63) is 68.4 Å². The third kappa shape index (κ3) is 5.95. The van der Waals surface area contributed by atoms with E-state index in [0.29, 0.717) is 27.3 Å². The summed E-state index contributed by atoms with van der Waals surface area (Å²) >= 11 is 19.3. The predicted octanol–water partition coefficient (Wildman–Crippen LogP) is 5.31. The molecule has 2 N–H and O–H groups in total. The van der Waals surface area contributed by atoms with Crippen molar-refractivity contribution in [1.82, 2.24) is 20.1 Å². The van der Waals surface area contributed by atoms with Gasteiger partial charge in [0.05, 0.1) is 27.5 Å². The van der Waals surface area contributed by atoms with Crippen molar-refractivity contribution in [1.29, 1.82) is 0 Å². The number of thioether (sulfide) groups is 1. The van der Waals surface area contributed by atoms with E-state index in [9.17, 15) is 9.59 Å². The fraction of sp³-hybridized carbons (Fsp3) is 0.238. The first-order valence-corrected chi connectivity index (χ1v) is 11.6. The van der Waals surface area contributed by atoms with Gasteiger partial charge in [0, 0.05) is 17.6 Å². The summed E-state index contributed by atoms with van der Waals surface area (Å²) in [6, 6.07) is 9.92. The van der Waals surface area contributed by atoms with Crippen LogP contribution in [0.5, 0.6) is 0 Å². The van der Waals surface area contributed by atoms with Gasteiger partial charge in [-0.3, -0.25) is 9.59 Å². The minimum absolute atomic E-state index is 0.0609. The summed E-state index contributed by atoms with van der Waals surface area (Å²) in [7, 11) is 1.77. The van der Waals surface area contributed by atoms with Gasteiger partial charge < -0.3 is 15.2 Å². The van der Waals surface area contributed by atoms with Gasteiger partial charge in [-0.25, -0.2) is 0 Å². The monoisotopic (exact) mass is 511 g/mol. The molecule has 7 nitrogen and oxygen atoms in total. The highest BCUT2D eigenvalue weighted by Crippen LogP contribution is 2.33. The third-order valence-electron chi connectivity index (χ3n) is 4.52. The molecule has 3 rings (SSSR count). The molecule has 0 fully saturated rings. The number of hydrogen-bond acceptors (Lipinski definition) is 5. The maximum absolute atomic E-state index is 12.5. The van der Waals surface area contributed by atoms with Gasteiger partial charge >= 0.3 is 0 Å². The van der Waals surface area contributed by atoms with E-state index in [0.717, 1.165) is 5.56 Å². The van der Waals surface area contributed by atoms with E-state index in [4.69, 9.17) is 34.8 Å². The maximum Gasteiger partial charge on any atom is 0.251 e. The average Bonchev–Trinajstić information content (AvgIpc) is 3.10. The standard InChI is InChI=1S/C21H20Cl3N5O2S/c1-11-4-6-13(7-5-11)20(31)25-12(2)19-27-28-21(29(19)3)32-10-17(30)26-18-15(23)8-14(22)9-16(18)24/h4-9,12H,10H2,1-3H3,(H,25,31)(H,26,30)/t12-/m0/s1. The molecule has 1 heterocycles. The molecule has 0 saturated carbocycles. The summed E-state index contributed by atoms with van der Waals surface area (Å²) in [5.74, 6) is 0.111. The molecule has 0 aliphatic carbocycles. The number of nitrogens with one attached hydrogen (secondary N) is 2.